The number of ether oxygens (including phenoxy) is 6. The Labute approximate surface area is 294 Å². The molecule has 16 nitrogen and oxygen atoms in total. The normalized spacial score (nSPS) is 43.4. The summed E-state index contributed by atoms with van der Waals surface area (Å²) in [5, 5.41) is 38.7. The summed E-state index contributed by atoms with van der Waals surface area (Å²) in [4.78, 5) is 53.2. The number of nitrogens with zero attached hydrogens (tertiary/aromatic N) is 3. The first-order valence-electron chi connectivity index (χ1n) is 17.4. The summed E-state index contributed by atoms with van der Waals surface area (Å²) >= 11 is 0. The molecule has 0 aromatic heterocycles. The molecular formula is C34H57N3O13. The Balaban J connectivity index is 2.31. The lowest BCUT2D eigenvalue weighted by Gasteiger charge is -2.49. The maximum atomic E-state index is 13.7. The molecule has 2 bridgehead atoms. The molecule has 0 aromatic carbocycles. The van der Waals surface area contributed by atoms with Crippen LogP contribution in [0.5, 0.6) is 0 Å². The number of hydrazone groups is 1. The van der Waals surface area contributed by atoms with Crippen molar-refractivity contribution in [3.8, 4) is 0 Å². The van der Waals surface area contributed by atoms with E-state index in [0.29, 0.717) is 6.42 Å². The highest BCUT2D eigenvalue weighted by Crippen LogP contribution is 2.41. The van der Waals surface area contributed by atoms with Gasteiger partial charge >= 0.3 is 11.9 Å². The minimum Gasteiger partial charge on any atom is -0.459 e. The van der Waals surface area contributed by atoms with E-state index in [0.717, 1.165) is 0 Å². The fraction of sp³-hybridized carbons (Fsp3) is 0.882. The highest BCUT2D eigenvalue weighted by Gasteiger charge is 2.54. The molecule has 0 saturated carbocycles. The lowest BCUT2D eigenvalue weighted by molar-refractivity contribution is -0.485. The van der Waals surface area contributed by atoms with Crippen LogP contribution in [0.25, 0.3) is 0 Å². The van der Waals surface area contributed by atoms with E-state index in [2.05, 4.69) is 5.10 Å². The molecule has 50 heavy (non-hydrogen) atoms. The summed E-state index contributed by atoms with van der Waals surface area (Å²) in [7, 11) is 3.68. The van der Waals surface area contributed by atoms with Gasteiger partial charge in [0.15, 0.2) is 23.2 Å². The van der Waals surface area contributed by atoms with E-state index in [1.807, 2.05) is 25.9 Å². The van der Waals surface area contributed by atoms with E-state index >= 15 is 0 Å². The molecule has 286 valence electrons. The number of esters is 2. The highest BCUT2D eigenvalue weighted by molar-refractivity contribution is 5.89. The first-order chi connectivity index (χ1) is 23.1. The van der Waals surface area contributed by atoms with Gasteiger partial charge in [-0.05, 0) is 61.1 Å². The van der Waals surface area contributed by atoms with E-state index in [9.17, 15) is 34.7 Å². The minimum atomic E-state index is -1.95. The predicted molar refractivity (Wildman–Crippen MR) is 178 cm³/mol. The number of hydrogen-bond donors (Lipinski definition) is 2. The van der Waals surface area contributed by atoms with Crippen LogP contribution < -0.4 is 0 Å². The summed E-state index contributed by atoms with van der Waals surface area (Å²) < 4.78 is 37.1. The molecule has 3 aliphatic rings. The quantitative estimate of drug-likeness (QED) is 0.230. The number of rotatable bonds is 6. The molecule has 3 aliphatic heterocycles. The van der Waals surface area contributed by atoms with Crippen molar-refractivity contribution in [1.29, 1.82) is 0 Å². The molecule has 3 rings (SSSR count). The number of aliphatic hydroxyl groups excluding tert-OH is 1. The second-order valence-electron chi connectivity index (χ2n) is 14.9. The van der Waals surface area contributed by atoms with Crippen LogP contribution in [0, 0.1) is 33.8 Å². The van der Waals surface area contributed by atoms with Gasteiger partial charge in [0.2, 0.25) is 0 Å². The fourth-order valence-electron chi connectivity index (χ4n) is 7.89. The van der Waals surface area contributed by atoms with Crippen LogP contribution in [-0.2, 0) is 42.8 Å². The third-order valence-corrected chi connectivity index (χ3v) is 10.5. The van der Waals surface area contributed by atoms with Gasteiger partial charge in [0, 0.05) is 24.7 Å². The van der Waals surface area contributed by atoms with Crippen LogP contribution in [0.1, 0.15) is 81.6 Å². The molecule has 0 amide bonds. The fourth-order valence-corrected chi connectivity index (χ4v) is 7.89. The van der Waals surface area contributed by atoms with Gasteiger partial charge in [-0.3, -0.25) is 14.4 Å². The number of ketones is 1. The Morgan fingerprint density at radius 3 is 2.32 bits per heavy atom. The zero-order valence-electron chi connectivity index (χ0n) is 31.2. The lowest BCUT2D eigenvalue weighted by Crippen LogP contribution is -2.61. The Hall–Kier alpha value is -2.60. The number of cyclic esters (lactones) is 1. The summed E-state index contributed by atoms with van der Waals surface area (Å²) in [6.07, 6.45) is -6.92. The van der Waals surface area contributed by atoms with Gasteiger partial charge < -0.3 is 43.5 Å². The van der Waals surface area contributed by atoms with E-state index < -0.39 is 108 Å². The van der Waals surface area contributed by atoms with Crippen LogP contribution in [-0.4, -0.2) is 131 Å². The topological polar surface area (TPSA) is 206 Å². The second-order valence-corrected chi connectivity index (χ2v) is 14.9. The zero-order chi connectivity index (χ0) is 37.9. The first-order valence-corrected chi connectivity index (χ1v) is 17.4. The van der Waals surface area contributed by atoms with Gasteiger partial charge in [-0.15, -0.1) is 0 Å². The molecule has 16 heteroatoms. The third-order valence-electron chi connectivity index (χ3n) is 10.5. The predicted octanol–water partition coefficient (Wildman–Crippen LogP) is 2.13. The third kappa shape index (κ3) is 9.43. The summed E-state index contributed by atoms with van der Waals surface area (Å²) in [5.41, 5.74) is -3.42. The van der Waals surface area contributed by atoms with Crippen molar-refractivity contribution >= 4 is 23.4 Å². The Morgan fingerprint density at radius 1 is 1.12 bits per heavy atom. The maximum Gasteiger partial charge on any atom is 0.311 e. The van der Waals surface area contributed by atoms with Gasteiger partial charge in [-0.1, -0.05) is 27.7 Å². The SMILES string of the molecule is CC[C@H]1OC(=O)[C@H](C)[C@@H](O)[C@H](C)[C@@H](O[C@@H]2O[C@H](C)C[C@H](N(C)C)[C@H]2OC(C)=O)[C@@]2(C)C[C@@H](C)/C(=N\[N+](=O)[O-])[C@H](C)[C@H](OCC(=O)CO2)[C@]1(C)O. The van der Waals surface area contributed by atoms with E-state index in [1.165, 1.54) is 20.8 Å². The second kappa shape index (κ2) is 16.8. The van der Waals surface area contributed by atoms with Crippen molar-refractivity contribution in [1.82, 2.24) is 4.90 Å². The summed E-state index contributed by atoms with van der Waals surface area (Å²) in [5.74, 6) is -5.64. The van der Waals surface area contributed by atoms with Gasteiger partial charge in [-0.2, -0.15) is 0 Å². The first kappa shape index (κ1) is 41.8. The minimum absolute atomic E-state index is 0.0263. The molecule has 0 aliphatic carbocycles. The van der Waals surface area contributed by atoms with E-state index in [4.69, 9.17) is 28.4 Å². The number of likely N-dealkylation sites (N-methyl/N-ethyl adjacent to an activating group) is 1. The van der Waals surface area contributed by atoms with Crippen LogP contribution >= 0.6 is 0 Å². The van der Waals surface area contributed by atoms with Gasteiger partial charge in [0.1, 0.15) is 24.9 Å². The standard InChI is InChI=1S/C34H57N3O13/c1-12-25-34(9,42)30-19(4)26(35-37(43)44)17(2)14-33(8,46-16-23(39)15-45-30)29(20(5)27(40)21(6)31(41)49-25)50-32-28(48-22(7)38)24(36(10)11)13-18(3)47-32/h17-21,24-25,27-30,32,40,42H,12-16H2,1-11H3/b35-26+/t17-,18-,19+,20+,21-,24+,25-,27+,28-,29-,30+,32+,33-,34-/m1/s1. The molecule has 2 N–H and O–H groups in total. The number of carbonyl (C=O) groups is 3. The molecule has 3 fully saturated rings. The largest absolute Gasteiger partial charge is 0.459 e. The smallest absolute Gasteiger partial charge is 0.311 e. The molecule has 0 spiro atoms. The molecule has 0 aromatic rings. The number of Topliss-reactive ketones (excluding diaryl/α,β-unsaturated/α-hetero) is 1. The van der Waals surface area contributed by atoms with Crippen molar-refractivity contribution < 1.29 is 58.1 Å². The number of carbonyl (C=O) groups excluding carboxylic acids is 3. The van der Waals surface area contributed by atoms with Crippen molar-refractivity contribution in [2.75, 3.05) is 27.3 Å². The van der Waals surface area contributed by atoms with Crippen molar-refractivity contribution in [2.24, 2.45) is 28.8 Å². The Bertz CT molecular complexity index is 1260. The van der Waals surface area contributed by atoms with Crippen molar-refractivity contribution in [3.63, 3.8) is 0 Å². The summed E-state index contributed by atoms with van der Waals surface area (Å²) in [6.45, 7) is 13.3. The van der Waals surface area contributed by atoms with Crippen molar-refractivity contribution in [2.45, 2.75) is 142 Å². The maximum absolute atomic E-state index is 13.7. The van der Waals surface area contributed by atoms with Gasteiger partial charge in [0.25, 0.3) is 0 Å². The van der Waals surface area contributed by atoms with Gasteiger partial charge in [0.05, 0.1) is 52.8 Å². The molecule has 3 heterocycles. The monoisotopic (exact) mass is 715 g/mol. The molecule has 0 unspecified atom stereocenters. The van der Waals surface area contributed by atoms with E-state index in [1.54, 1.807) is 34.6 Å². The van der Waals surface area contributed by atoms with E-state index in [-0.39, 0.29) is 30.7 Å². The van der Waals surface area contributed by atoms with Crippen LogP contribution in [0.15, 0.2) is 5.10 Å². The highest BCUT2D eigenvalue weighted by atomic mass is 16.7. The number of nitro groups is 1. The molecule has 0 radical (unpaired) electrons. The average molecular weight is 716 g/mol. The van der Waals surface area contributed by atoms with Crippen LogP contribution in [0.3, 0.4) is 0 Å². The number of aliphatic hydroxyl groups is 2. The van der Waals surface area contributed by atoms with Crippen LogP contribution in [0.4, 0.5) is 0 Å². The number of fused-ring (bicyclic) bond motifs is 5. The number of hydrogen-bond acceptors (Lipinski definition) is 14. The van der Waals surface area contributed by atoms with Gasteiger partial charge in [-0.25, -0.2) is 10.1 Å². The molecule has 3 saturated heterocycles. The molecular weight excluding hydrogens is 658 g/mol. The average Bonchev–Trinajstić information content (AvgIpc) is 3.03. The lowest BCUT2D eigenvalue weighted by atomic mass is 9.73. The Morgan fingerprint density at radius 2 is 1.76 bits per heavy atom. The zero-order valence-corrected chi connectivity index (χ0v) is 31.2. The summed E-state index contributed by atoms with van der Waals surface area (Å²) in [6, 6.07) is -0.324. The Kier molecular flexibility index (Phi) is 14.1. The van der Waals surface area contributed by atoms with Crippen LogP contribution in [0.2, 0.25) is 0 Å². The van der Waals surface area contributed by atoms with Crippen molar-refractivity contribution in [3.05, 3.63) is 10.1 Å². The molecule has 14 atom stereocenters.